The second-order valence-electron chi connectivity index (χ2n) is 2.56. The number of aliphatic hydroxyl groups is 2. The summed E-state index contributed by atoms with van der Waals surface area (Å²) >= 11 is 0. The zero-order valence-corrected chi connectivity index (χ0v) is 7.01. The molecule has 11 nitrogen and oxygen atoms in total. The van der Waals surface area contributed by atoms with Crippen molar-refractivity contribution in [3.8, 4) is 0 Å². The van der Waals surface area contributed by atoms with Crippen LogP contribution in [0.2, 0.25) is 0 Å². The summed E-state index contributed by atoms with van der Waals surface area (Å²) in [5, 5.41) is 35.3. The summed E-state index contributed by atoms with van der Waals surface area (Å²) in [6, 6.07) is 0. The highest BCUT2D eigenvalue weighted by Crippen LogP contribution is 2.29. The van der Waals surface area contributed by atoms with E-state index in [1.165, 1.54) is 0 Å². The molecule has 0 aliphatic carbocycles. The molecule has 1 fully saturated rings. The first-order valence-corrected chi connectivity index (χ1v) is 3.54. The molecule has 2 N–H and O–H groups in total. The normalized spacial score (nSPS) is 28.4. The van der Waals surface area contributed by atoms with E-state index >= 15 is 0 Å². The number of aliphatic hydroxyl groups excluding tert-OH is 2. The molecule has 1 aliphatic heterocycles. The van der Waals surface area contributed by atoms with Gasteiger partial charge >= 0.3 is 5.97 Å². The third-order valence-corrected chi connectivity index (χ3v) is 1.59. The van der Waals surface area contributed by atoms with E-state index in [1.54, 1.807) is 0 Å². The standard InChI is InChI=1S/C4H6N2O9/c7-2-1-13-4(3(2)8,14-5(9)10)15-6(11)12/h2-3,7-8H,1H2. The molecule has 1 saturated heterocycles. The smallest absolute Gasteiger partial charge is 0.388 e. The van der Waals surface area contributed by atoms with E-state index in [0.717, 1.165) is 0 Å². The topological polar surface area (TPSA) is 154 Å². The van der Waals surface area contributed by atoms with Gasteiger partial charge in [-0.15, -0.1) is 20.2 Å². The molecule has 0 amide bonds. The Balaban J connectivity index is 2.86. The van der Waals surface area contributed by atoms with E-state index in [4.69, 9.17) is 5.11 Å². The van der Waals surface area contributed by atoms with Crippen LogP contribution in [0.1, 0.15) is 0 Å². The Kier molecular flexibility index (Phi) is 2.88. The van der Waals surface area contributed by atoms with Gasteiger partial charge in [-0.3, -0.25) is 0 Å². The predicted molar refractivity (Wildman–Crippen MR) is 36.9 cm³/mol. The van der Waals surface area contributed by atoms with Crippen LogP contribution < -0.4 is 0 Å². The lowest BCUT2D eigenvalue weighted by Gasteiger charge is -2.25. The van der Waals surface area contributed by atoms with E-state index in [0.29, 0.717) is 0 Å². The lowest BCUT2D eigenvalue weighted by atomic mass is 10.2. The number of rotatable bonds is 4. The van der Waals surface area contributed by atoms with Crippen molar-refractivity contribution < 1.29 is 34.8 Å². The molecule has 0 saturated carbocycles. The molecule has 0 aromatic heterocycles. The van der Waals surface area contributed by atoms with Gasteiger partial charge in [-0.2, -0.15) is 0 Å². The Morgan fingerprint density at radius 2 is 1.73 bits per heavy atom. The van der Waals surface area contributed by atoms with Crippen molar-refractivity contribution in [2.45, 2.75) is 18.2 Å². The minimum absolute atomic E-state index is 0.594. The number of hydrogen-bond donors (Lipinski definition) is 2. The fraction of sp³-hybridized carbons (Fsp3) is 1.00. The molecule has 0 aromatic carbocycles. The Hall–Kier alpha value is -1.72. The fourth-order valence-electron chi connectivity index (χ4n) is 0.999. The van der Waals surface area contributed by atoms with Gasteiger partial charge in [-0.25, -0.2) is 9.68 Å². The van der Waals surface area contributed by atoms with Crippen LogP contribution in [0.5, 0.6) is 0 Å². The first-order valence-electron chi connectivity index (χ1n) is 3.54. The van der Waals surface area contributed by atoms with Gasteiger partial charge in [-0.05, 0) is 0 Å². The summed E-state index contributed by atoms with van der Waals surface area (Å²) in [4.78, 5) is 27.4. The predicted octanol–water partition coefficient (Wildman–Crippen LogP) is -2.19. The van der Waals surface area contributed by atoms with Gasteiger partial charge in [0, 0.05) is 0 Å². The van der Waals surface area contributed by atoms with Crippen molar-refractivity contribution in [3.05, 3.63) is 20.2 Å². The summed E-state index contributed by atoms with van der Waals surface area (Å²) in [5.74, 6) is -2.92. The highest BCUT2D eigenvalue weighted by Gasteiger charge is 2.56. The van der Waals surface area contributed by atoms with E-state index in [1.807, 2.05) is 0 Å². The molecule has 2 atom stereocenters. The van der Waals surface area contributed by atoms with Gasteiger partial charge in [0.05, 0.1) is 6.61 Å². The average molecular weight is 226 g/mol. The van der Waals surface area contributed by atoms with Crippen LogP contribution in [0.15, 0.2) is 0 Å². The lowest BCUT2D eigenvalue weighted by Crippen LogP contribution is -2.50. The first-order chi connectivity index (χ1) is 6.87. The Labute approximate surface area is 81.0 Å². The molecule has 0 spiro atoms. The maximum atomic E-state index is 10.0. The summed E-state index contributed by atoms with van der Waals surface area (Å²) in [7, 11) is 0. The number of hydrogen-bond acceptors (Lipinski definition) is 9. The second kappa shape index (κ2) is 3.80. The van der Waals surface area contributed by atoms with Crippen LogP contribution in [-0.2, 0) is 14.4 Å². The van der Waals surface area contributed by atoms with E-state index < -0.39 is 35.0 Å². The summed E-state index contributed by atoms with van der Waals surface area (Å²) in [5.41, 5.74) is 0. The molecule has 2 unspecified atom stereocenters. The number of ether oxygens (including phenoxy) is 1. The SMILES string of the molecule is O=[N+]([O-])OC1(O[N+](=O)[O-])OCC(O)C1O. The maximum Gasteiger partial charge on any atom is 0.395 e. The molecule has 11 heteroatoms. The summed E-state index contributed by atoms with van der Waals surface area (Å²) in [6.45, 7) is -0.594. The monoisotopic (exact) mass is 226 g/mol. The van der Waals surface area contributed by atoms with Gasteiger partial charge in [0.25, 0.3) is 10.2 Å². The van der Waals surface area contributed by atoms with Crippen molar-refractivity contribution in [1.29, 1.82) is 0 Å². The molecular formula is C4H6N2O9. The van der Waals surface area contributed by atoms with Crippen LogP contribution in [0, 0.1) is 20.2 Å². The molecule has 1 heterocycles. The van der Waals surface area contributed by atoms with Crippen LogP contribution in [0.25, 0.3) is 0 Å². The fourth-order valence-corrected chi connectivity index (χ4v) is 0.999. The summed E-state index contributed by atoms with van der Waals surface area (Å²) < 4.78 is 4.36. The number of nitrogens with zero attached hydrogens (tertiary/aromatic N) is 2. The first kappa shape index (κ1) is 11.4. The van der Waals surface area contributed by atoms with Crippen molar-refractivity contribution in [1.82, 2.24) is 0 Å². The Bertz CT molecular complexity index is 263. The molecule has 0 radical (unpaired) electrons. The molecule has 1 rings (SSSR count). The van der Waals surface area contributed by atoms with Gasteiger partial charge < -0.3 is 14.9 Å². The zero-order chi connectivity index (χ0) is 11.6. The molecule has 15 heavy (non-hydrogen) atoms. The molecule has 0 aromatic rings. The Morgan fingerprint density at radius 3 is 2.00 bits per heavy atom. The highest BCUT2D eigenvalue weighted by atomic mass is 17.1. The van der Waals surface area contributed by atoms with Crippen LogP contribution in [0.3, 0.4) is 0 Å². The average Bonchev–Trinajstić information content (AvgIpc) is 2.32. The van der Waals surface area contributed by atoms with Gasteiger partial charge in [0.2, 0.25) is 0 Å². The van der Waals surface area contributed by atoms with Crippen molar-refractivity contribution in [3.63, 3.8) is 0 Å². The van der Waals surface area contributed by atoms with Crippen LogP contribution in [0.4, 0.5) is 0 Å². The summed E-state index contributed by atoms with van der Waals surface area (Å²) in [6.07, 6.45) is -3.64. The van der Waals surface area contributed by atoms with E-state index in [-0.39, 0.29) is 0 Å². The quantitative estimate of drug-likeness (QED) is 0.308. The minimum Gasteiger partial charge on any atom is -0.388 e. The highest BCUT2D eigenvalue weighted by molar-refractivity contribution is 4.82. The van der Waals surface area contributed by atoms with Crippen molar-refractivity contribution >= 4 is 0 Å². The molecule has 0 bridgehead atoms. The second-order valence-corrected chi connectivity index (χ2v) is 2.56. The molecule has 86 valence electrons. The largest absolute Gasteiger partial charge is 0.395 e. The van der Waals surface area contributed by atoms with Crippen molar-refractivity contribution in [2.24, 2.45) is 0 Å². The van der Waals surface area contributed by atoms with Gasteiger partial charge in [0.15, 0.2) is 6.10 Å². The minimum atomic E-state index is -2.92. The molecule has 1 aliphatic rings. The van der Waals surface area contributed by atoms with Crippen LogP contribution >= 0.6 is 0 Å². The van der Waals surface area contributed by atoms with Gasteiger partial charge in [-0.1, -0.05) is 0 Å². The maximum absolute atomic E-state index is 10.0. The van der Waals surface area contributed by atoms with E-state index in [2.05, 4.69) is 14.4 Å². The van der Waals surface area contributed by atoms with Crippen molar-refractivity contribution in [2.75, 3.05) is 6.61 Å². The zero-order valence-electron chi connectivity index (χ0n) is 7.01. The Morgan fingerprint density at radius 1 is 1.27 bits per heavy atom. The lowest BCUT2D eigenvalue weighted by molar-refractivity contribution is -0.896. The third kappa shape index (κ3) is 2.20. The van der Waals surface area contributed by atoms with E-state index in [9.17, 15) is 25.3 Å². The molecular weight excluding hydrogens is 220 g/mol. The van der Waals surface area contributed by atoms with Crippen LogP contribution in [-0.4, -0.2) is 45.2 Å². The van der Waals surface area contributed by atoms with Gasteiger partial charge in [0.1, 0.15) is 6.10 Å². The third-order valence-electron chi connectivity index (χ3n) is 1.59.